The maximum absolute atomic E-state index is 12.4. The minimum Gasteiger partial charge on any atom is -0.454 e. The van der Waals surface area contributed by atoms with Crippen LogP contribution in [0.5, 0.6) is 0 Å². The van der Waals surface area contributed by atoms with Crippen LogP contribution in [0.1, 0.15) is 33.2 Å². The van der Waals surface area contributed by atoms with E-state index in [9.17, 15) is 19.2 Å². The van der Waals surface area contributed by atoms with Gasteiger partial charge in [0.15, 0.2) is 6.61 Å². The molecule has 0 aliphatic carbocycles. The molecule has 2 aromatic carbocycles. The number of carbonyl (C=O) groups excluding carboxylic acids is 4. The van der Waals surface area contributed by atoms with Crippen LogP contribution in [-0.4, -0.2) is 41.2 Å². The molecule has 0 fully saturated rings. The van der Waals surface area contributed by atoms with Crippen LogP contribution in [0.2, 0.25) is 0 Å². The highest BCUT2D eigenvalue weighted by molar-refractivity contribution is 9.10. The van der Waals surface area contributed by atoms with E-state index in [2.05, 4.69) is 21.2 Å². The molecule has 3 amide bonds. The van der Waals surface area contributed by atoms with Gasteiger partial charge in [-0.05, 0) is 49.7 Å². The lowest BCUT2D eigenvalue weighted by molar-refractivity contribution is -0.150. The molecule has 2 aromatic rings. The lowest BCUT2D eigenvalue weighted by Crippen LogP contribution is -2.44. The molecular weight excluding hydrogens is 428 g/mol. The standard InChI is InChI=1S/C20H17BrN2O5/c1-11-9-13(7-8-16(11)21)22-17(24)10-28-20(27)12(2)23-18(25)14-5-3-4-6-15(14)19(23)26/h3-9,12H,10H2,1-2H3,(H,22,24)/t12-/m1/s1. The Bertz CT molecular complexity index is 953. The smallest absolute Gasteiger partial charge is 0.329 e. The molecule has 3 rings (SSSR count). The molecular formula is C20H17BrN2O5. The van der Waals surface area contributed by atoms with E-state index in [0.29, 0.717) is 5.69 Å². The number of halogens is 1. The summed E-state index contributed by atoms with van der Waals surface area (Å²) in [5.41, 5.74) is 2.00. The first-order chi connectivity index (χ1) is 13.3. The molecule has 8 heteroatoms. The minimum absolute atomic E-state index is 0.246. The zero-order valence-electron chi connectivity index (χ0n) is 15.2. The number of ether oxygens (including phenoxy) is 1. The lowest BCUT2D eigenvalue weighted by Gasteiger charge is -2.20. The summed E-state index contributed by atoms with van der Waals surface area (Å²) in [5.74, 6) is -2.47. The Morgan fingerprint density at radius 1 is 1.11 bits per heavy atom. The van der Waals surface area contributed by atoms with Crippen molar-refractivity contribution < 1.29 is 23.9 Å². The van der Waals surface area contributed by atoms with Gasteiger partial charge in [-0.25, -0.2) is 4.79 Å². The number of amides is 3. The summed E-state index contributed by atoms with van der Waals surface area (Å²) in [5, 5.41) is 2.62. The Balaban J connectivity index is 1.59. The zero-order valence-corrected chi connectivity index (χ0v) is 16.8. The van der Waals surface area contributed by atoms with Crippen LogP contribution in [0, 0.1) is 6.92 Å². The first-order valence-electron chi connectivity index (χ1n) is 8.49. The second-order valence-electron chi connectivity index (χ2n) is 6.32. The van der Waals surface area contributed by atoms with Gasteiger partial charge in [-0.3, -0.25) is 19.3 Å². The van der Waals surface area contributed by atoms with Crippen molar-refractivity contribution in [3.05, 3.63) is 63.6 Å². The first-order valence-corrected chi connectivity index (χ1v) is 9.28. The van der Waals surface area contributed by atoms with E-state index in [1.165, 1.54) is 19.1 Å². The van der Waals surface area contributed by atoms with E-state index >= 15 is 0 Å². The summed E-state index contributed by atoms with van der Waals surface area (Å²) in [7, 11) is 0. The second kappa shape index (κ2) is 7.93. The molecule has 0 saturated carbocycles. The average Bonchev–Trinajstić information content (AvgIpc) is 2.93. The molecule has 0 radical (unpaired) electrons. The fourth-order valence-corrected chi connectivity index (χ4v) is 3.09. The Hall–Kier alpha value is -3.00. The van der Waals surface area contributed by atoms with Gasteiger partial charge in [-0.2, -0.15) is 0 Å². The molecule has 144 valence electrons. The Morgan fingerprint density at radius 2 is 1.71 bits per heavy atom. The van der Waals surface area contributed by atoms with Crippen LogP contribution in [0.4, 0.5) is 5.69 Å². The molecule has 1 heterocycles. The van der Waals surface area contributed by atoms with Crippen molar-refractivity contribution >= 4 is 45.3 Å². The molecule has 0 aromatic heterocycles. The summed E-state index contributed by atoms with van der Waals surface area (Å²) < 4.78 is 5.90. The molecule has 1 aliphatic heterocycles. The van der Waals surface area contributed by atoms with Gasteiger partial charge < -0.3 is 10.1 Å². The first kappa shape index (κ1) is 19.8. The summed E-state index contributed by atoms with van der Waals surface area (Å²) in [6.45, 7) is 2.74. The summed E-state index contributed by atoms with van der Waals surface area (Å²) in [4.78, 5) is 50.0. The molecule has 28 heavy (non-hydrogen) atoms. The Morgan fingerprint density at radius 3 is 2.29 bits per heavy atom. The number of hydrogen-bond acceptors (Lipinski definition) is 5. The number of rotatable bonds is 5. The number of benzene rings is 2. The quantitative estimate of drug-likeness (QED) is 0.565. The average molecular weight is 445 g/mol. The molecule has 0 unspecified atom stereocenters. The number of nitrogens with zero attached hydrogens (tertiary/aromatic N) is 1. The predicted octanol–water partition coefficient (Wildman–Crippen LogP) is 2.92. The van der Waals surface area contributed by atoms with Gasteiger partial charge in [0.25, 0.3) is 17.7 Å². The van der Waals surface area contributed by atoms with E-state index in [4.69, 9.17) is 4.74 Å². The highest BCUT2D eigenvalue weighted by Crippen LogP contribution is 2.25. The second-order valence-corrected chi connectivity index (χ2v) is 7.18. The number of imide groups is 1. The maximum Gasteiger partial charge on any atom is 0.329 e. The highest BCUT2D eigenvalue weighted by Gasteiger charge is 2.41. The lowest BCUT2D eigenvalue weighted by atomic mass is 10.1. The van der Waals surface area contributed by atoms with Crippen molar-refractivity contribution in [3.63, 3.8) is 0 Å². The number of aryl methyl sites for hydroxylation is 1. The van der Waals surface area contributed by atoms with Crippen molar-refractivity contribution in [2.45, 2.75) is 19.9 Å². The van der Waals surface area contributed by atoms with Gasteiger partial charge in [0, 0.05) is 10.2 Å². The maximum atomic E-state index is 12.4. The minimum atomic E-state index is -1.14. The van der Waals surface area contributed by atoms with E-state index in [-0.39, 0.29) is 11.1 Å². The summed E-state index contributed by atoms with van der Waals surface area (Å²) >= 11 is 3.37. The van der Waals surface area contributed by atoms with Gasteiger partial charge in [0.05, 0.1) is 11.1 Å². The fraction of sp³-hybridized carbons (Fsp3) is 0.200. The molecule has 0 spiro atoms. The molecule has 1 aliphatic rings. The van der Waals surface area contributed by atoms with Crippen LogP contribution in [0.25, 0.3) is 0 Å². The number of esters is 1. The third-order valence-electron chi connectivity index (χ3n) is 4.34. The molecule has 1 atom stereocenters. The number of fused-ring (bicyclic) bond motifs is 1. The van der Waals surface area contributed by atoms with E-state index in [1.54, 1.807) is 30.3 Å². The molecule has 0 bridgehead atoms. The normalized spacial score (nSPS) is 13.9. The third kappa shape index (κ3) is 3.82. The van der Waals surface area contributed by atoms with Crippen molar-refractivity contribution in [1.82, 2.24) is 4.90 Å². The van der Waals surface area contributed by atoms with Crippen LogP contribution >= 0.6 is 15.9 Å². The molecule has 1 N–H and O–H groups in total. The topological polar surface area (TPSA) is 92.8 Å². The van der Waals surface area contributed by atoms with Gasteiger partial charge >= 0.3 is 5.97 Å². The number of anilines is 1. The van der Waals surface area contributed by atoms with Crippen LogP contribution in [0.3, 0.4) is 0 Å². The number of nitrogens with one attached hydrogen (secondary N) is 1. The van der Waals surface area contributed by atoms with Crippen molar-refractivity contribution in [2.75, 3.05) is 11.9 Å². The highest BCUT2D eigenvalue weighted by atomic mass is 79.9. The largest absolute Gasteiger partial charge is 0.454 e. The van der Waals surface area contributed by atoms with Crippen LogP contribution in [-0.2, 0) is 14.3 Å². The Labute approximate surface area is 169 Å². The van der Waals surface area contributed by atoms with Crippen LogP contribution < -0.4 is 5.32 Å². The van der Waals surface area contributed by atoms with E-state index < -0.39 is 36.3 Å². The summed E-state index contributed by atoms with van der Waals surface area (Å²) in [6.07, 6.45) is 0. The van der Waals surface area contributed by atoms with Crippen LogP contribution in [0.15, 0.2) is 46.9 Å². The zero-order chi connectivity index (χ0) is 20.4. The van der Waals surface area contributed by atoms with Crippen molar-refractivity contribution in [3.8, 4) is 0 Å². The molecule has 0 saturated heterocycles. The number of carbonyl (C=O) groups is 4. The van der Waals surface area contributed by atoms with Gasteiger partial charge in [0.1, 0.15) is 6.04 Å². The Kier molecular flexibility index (Phi) is 5.60. The van der Waals surface area contributed by atoms with Gasteiger partial charge in [0.2, 0.25) is 0 Å². The predicted molar refractivity (Wildman–Crippen MR) is 105 cm³/mol. The molecule has 7 nitrogen and oxygen atoms in total. The van der Waals surface area contributed by atoms with Gasteiger partial charge in [-0.15, -0.1) is 0 Å². The summed E-state index contributed by atoms with van der Waals surface area (Å²) in [6, 6.07) is 10.5. The SMILES string of the molecule is Cc1cc(NC(=O)COC(=O)[C@@H](C)N2C(=O)c3ccccc3C2=O)ccc1Br. The fourth-order valence-electron chi connectivity index (χ4n) is 2.84. The third-order valence-corrected chi connectivity index (χ3v) is 5.23. The van der Waals surface area contributed by atoms with Crippen molar-refractivity contribution in [2.24, 2.45) is 0 Å². The van der Waals surface area contributed by atoms with Gasteiger partial charge in [-0.1, -0.05) is 28.1 Å². The van der Waals surface area contributed by atoms with Crippen molar-refractivity contribution in [1.29, 1.82) is 0 Å². The van der Waals surface area contributed by atoms with E-state index in [1.807, 2.05) is 6.92 Å². The number of hydrogen-bond donors (Lipinski definition) is 1. The van der Waals surface area contributed by atoms with E-state index in [0.717, 1.165) is 14.9 Å². The monoisotopic (exact) mass is 444 g/mol.